The molecule has 0 N–H and O–H groups in total. The Hall–Kier alpha value is -1.52. The van der Waals surface area contributed by atoms with E-state index in [1.807, 2.05) is 35.0 Å². The summed E-state index contributed by atoms with van der Waals surface area (Å²) >= 11 is 8.12. The second-order valence-electron chi connectivity index (χ2n) is 4.57. The molecule has 0 saturated heterocycles. The molecule has 0 fully saturated rings. The number of alkyl halides is 1. The van der Waals surface area contributed by atoms with Gasteiger partial charge in [-0.1, -0.05) is 6.07 Å². The molecule has 0 bridgehead atoms. The molecule has 1 atom stereocenters. The van der Waals surface area contributed by atoms with Crippen LogP contribution in [-0.4, -0.2) is 9.13 Å². The molecule has 1 aromatic carbocycles. The summed E-state index contributed by atoms with van der Waals surface area (Å²) in [5.41, 5.74) is 3.91. The van der Waals surface area contributed by atoms with Gasteiger partial charge >= 0.3 is 5.69 Å². The number of halogens is 1. The first-order valence-electron chi connectivity index (χ1n) is 5.91. The third-order valence-electron chi connectivity index (χ3n) is 3.42. The molecule has 0 radical (unpaired) electrons. The molecule has 0 spiro atoms. The smallest absolute Gasteiger partial charge is 0.295 e. The number of imidazole rings is 1. The highest BCUT2D eigenvalue weighted by molar-refractivity contribution is 7.08. The first-order valence-corrected chi connectivity index (χ1v) is 7.29. The summed E-state index contributed by atoms with van der Waals surface area (Å²) in [5.74, 6) is 0. The fourth-order valence-corrected chi connectivity index (χ4v) is 3.33. The number of fused-ring (bicyclic) bond motifs is 1. The van der Waals surface area contributed by atoms with Gasteiger partial charge in [-0.05, 0) is 40.1 Å². The van der Waals surface area contributed by atoms with E-state index in [1.165, 1.54) is 0 Å². The number of thiophene rings is 1. The van der Waals surface area contributed by atoms with Crippen molar-refractivity contribution < 1.29 is 0 Å². The van der Waals surface area contributed by atoms with Gasteiger partial charge < -0.3 is 0 Å². The van der Waals surface area contributed by atoms with Gasteiger partial charge in [-0.25, -0.2) is 4.79 Å². The van der Waals surface area contributed by atoms with Crippen LogP contribution in [0.4, 0.5) is 0 Å². The Morgan fingerprint density at radius 2 is 1.84 bits per heavy atom. The van der Waals surface area contributed by atoms with Crippen molar-refractivity contribution in [1.29, 1.82) is 0 Å². The third-order valence-corrected chi connectivity index (χ3v) is 4.63. The fraction of sp³-hybridized carbons (Fsp3) is 0.214. The van der Waals surface area contributed by atoms with E-state index >= 15 is 0 Å². The fourth-order valence-electron chi connectivity index (χ4n) is 2.29. The number of nitrogens with zero attached hydrogens (tertiary/aromatic N) is 2. The highest BCUT2D eigenvalue weighted by atomic mass is 35.5. The van der Waals surface area contributed by atoms with Crippen molar-refractivity contribution in [3.05, 3.63) is 56.6 Å². The van der Waals surface area contributed by atoms with E-state index in [0.717, 1.165) is 22.2 Å². The van der Waals surface area contributed by atoms with E-state index < -0.39 is 0 Å². The molecule has 3 aromatic rings. The van der Waals surface area contributed by atoms with Crippen LogP contribution in [0.25, 0.3) is 11.0 Å². The Bertz CT molecular complexity index is 786. The lowest BCUT2D eigenvalue weighted by Crippen LogP contribution is -2.19. The van der Waals surface area contributed by atoms with Crippen LogP contribution in [-0.2, 0) is 14.1 Å². The third kappa shape index (κ3) is 1.91. The molecule has 1 unspecified atom stereocenters. The van der Waals surface area contributed by atoms with E-state index in [2.05, 4.69) is 0 Å². The zero-order valence-electron chi connectivity index (χ0n) is 10.6. The predicted molar refractivity (Wildman–Crippen MR) is 80.2 cm³/mol. The van der Waals surface area contributed by atoms with Gasteiger partial charge in [0.1, 0.15) is 0 Å². The van der Waals surface area contributed by atoms with Gasteiger partial charge in [0.15, 0.2) is 0 Å². The number of benzene rings is 1. The summed E-state index contributed by atoms with van der Waals surface area (Å²) in [4.78, 5) is 11.9. The van der Waals surface area contributed by atoms with E-state index in [-0.39, 0.29) is 11.1 Å². The van der Waals surface area contributed by atoms with E-state index in [0.29, 0.717) is 0 Å². The van der Waals surface area contributed by atoms with Crippen LogP contribution in [0.2, 0.25) is 0 Å². The summed E-state index contributed by atoms with van der Waals surface area (Å²) in [6, 6.07) is 7.95. The predicted octanol–water partition coefficient (Wildman–Crippen LogP) is 3.27. The zero-order valence-corrected chi connectivity index (χ0v) is 12.2. The van der Waals surface area contributed by atoms with Crippen molar-refractivity contribution in [3.63, 3.8) is 0 Å². The maximum absolute atomic E-state index is 11.9. The van der Waals surface area contributed by atoms with Crippen LogP contribution in [0, 0.1) is 0 Å². The number of rotatable bonds is 2. The Labute approximate surface area is 119 Å². The van der Waals surface area contributed by atoms with Gasteiger partial charge in [-0.15, -0.1) is 11.6 Å². The summed E-state index contributed by atoms with van der Waals surface area (Å²) in [7, 11) is 3.56. The lowest BCUT2D eigenvalue weighted by Gasteiger charge is -2.08. The maximum Gasteiger partial charge on any atom is 0.328 e. The van der Waals surface area contributed by atoms with Crippen LogP contribution < -0.4 is 5.69 Å². The zero-order chi connectivity index (χ0) is 13.6. The SMILES string of the molecule is Cn1c(=O)n(C)c2cc(C(Cl)c3ccsc3)ccc21. The first-order chi connectivity index (χ1) is 9.09. The molecule has 2 aromatic heterocycles. The monoisotopic (exact) mass is 292 g/mol. The minimum atomic E-state index is -0.175. The largest absolute Gasteiger partial charge is 0.328 e. The number of hydrogen-bond acceptors (Lipinski definition) is 2. The Morgan fingerprint density at radius 3 is 2.53 bits per heavy atom. The average Bonchev–Trinajstić information content (AvgIpc) is 3.03. The van der Waals surface area contributed by atoms with Crippen LogP contribution >= 0.6 is 22.9 Å². The van der Waals surface area contributed by atoms with E-state index in [4.69, 9.17) is 11.6 Å². The first kappa shape index (κ1) is 12.5. The minimum absolute atomic E-state index is 0.0196. The molecule has 0 amide bonds. The van der Waals surface area contributed by atoms with Crippen LogP contribution in [0.1, 0.15) is 16.5 Å². The second-order valence-corrected chi connectivity index (χ2v) is 5.78. The van der Waals surface area contributed by atoms with Crippen molar-refractivity contribution in [2.24, 2.45) is 14.1 Å². The molecule has 3 rings (SSSR count). The lowest BCUT2D eigenvalue weighted by atomic mass is 10.1. The van der Waals surface area contributed by atoms with Crippen molar-refractivity contribution in [2.45, 2.75) is 5.38 Å². The van der Waals surface area contributed by atoms with Gasteiger partial charge in [0.2, 0.25) is 0 Å². The van der Waals surface area contributed by atoms with Gasteiger partial charge in [0.25, 0.3) is 0 Å². The van der Waals surface area contributed by atoms with Crippen molar-refractivity contribution in [1.82, 2.24) is 9.13 Å². The molecule has 0 aliphatic carbocycles. The van der Waals surface area contributed by atoms with E-state index in [1.54, 1.807) is 34.6 Å². The van der Waals surface area contributed by atoms with Gasteiger partial charge in [-0.3, -0.25) is 9.13 Å². The van der Waals surface area contributed by atoms with E-state index in [9.17, 15) is 4.79 Å². The van der Waals surface area contributed by atoms with Gasteiger partial charge in [0.05, 0.1) is 16.4 Å². The topological polar surface area (TPSA) is 26.9 Å². The summed E-state index contributed by atoms with van der Waals surface area (Å²) in [5, 5.41) is 3.89. The lowest BCUT2D eigenvalue weighted by molar-refractivity contribution is 0.795. The number of hydrogen-bond donors (Lipinski definition) is 0. The van der Waals surface area contributed by atoms with Gasteiger partial charge in [0, 0.05) is 14.1 Å². The molecule has 0 saturated carbocycles. The van der Waals surface area contributed by atoms with Crippen LogP contribution in [0.5, 0.6) is 0 Å². The maximum atomic E-state index is 11.9. The Balaban J connectivity index is 2.17. The normalized spacial score (nSPS) is 13.0. The number of aromatic nitrogens is 2. The molecule has 19 heavy (non-hydrogen) atoms. The Morgan fingerprint density at radius 1 is 1.11 bits per heavy atom. The summed E-state index contributed by atoms with van der Waals surface area (Å²) < 4.78 is 3.29. The summed E-state index contributed by atoms with van der Waals surface area (Å²) in [6.07, 6.45) is 0. The quantitative estimate of drug-likeness (QED) is 0.666. The standard InChI is InChI=1S/C14H13ClN2OS/c1-16-11-4-3-9(7-12(11)17(2)14(16)18)13(15)10-5-6-19-8-10/h3-8,13H,1-2H3. The molecule has 98 valence electrons. The molecule has 0 aliphatic rings. The number of aryl methyl sites for hydroxylation is 2. The second kappa shape index (κ2) is 4.54. The van der Waals surface area contributed by atoms with Crippen molar-refractivity contribution >= 4 is 34.0 Å². The molecule has 2 heterocycles. The molecular weight excluding hydrogens is 280 g/mol. The highest BCUT2D eigenvalue weighted by Crippen LogP contribution is 2.31. The average molecular weight is 293 g/mol. The van der Waals surface area contributed by atoms with Crippen LogP contribution in [0.15, 0.2) is 39.8 Å². The molecule has 0 aliphatic heterocycles. The van der Waals surface area contributed by atoms with Crippen molar-refractivity contribution in [2.75, 3.05) is 0 Å². The van der Waals surface area contributed by atoms with Crippen molar-refractivity contribution in [3.8, 4) is 0 Å². The molecular formula is C14H13ClN2OS. The Kier molecular flexibility index (Phi) is 2.99. The molecule has 3 nitrogen and oxygen atoms in total. The van der Waals surface area contributed by atoms with Crippen LogP contribution in [0.3, 0.4) is 0 Å². The summed E-state index contributed by atoms with van der Waals surface area (Å²) in [6.45, 7) is 0. The minimum Gasteiger partial charge on any atom is -0.295 e. The highest BCUT2D eigenvalue weighted by Gasteiger charge is 2.14. The van der Waals surface area contributed by atoms with Gasteiger partial charge in [-0.2, -0.15) is 11.3 Å². The molecule has 5 heteroatoms.